The van der Waals surface area contributed by atoms with Gasteiger partial charge in [0, 0.05) is 43.3 Å². The summed E-state index contributed by atoms with van der Waals surface area (Å²) in [7, 11) is -1.27. The molecule has 0 spiro atoms. The lowest BCUT2D eigenvalue weighted by atomic mass is 10.0. The average molecular weight is 363 g/mol. The number of nitrogens with one attached hydrogen (secondary N) is 1. The Kier molecular flexibility index (Phi) is 5.15. The number of carbonyl (C=O) groups excluding carboxylic acids is 1. The highest BCUT2D eigenvalue weighted by Crippen LogP contribution is 2.23. The molecule has 1 aliphatic heterocycles. The number of fused-ring (bicyclic) bond motifs is 1. The normalized spacial score (nSPS) is 16.5. The fourth-order valence-corrected chi connectivity index (χ4v) is 4.86. The van der Waals surface area contributed by atoms with Crippen molar-refractivity contribution in [2.75, 3.05) is 18.8 Å². The van der Waals surface area contributed by atoms with Gasteiger partial charge < -0.3 is 9.47 Å². The third kappa shape index (κ3) is 3.88. The molecule has 7 heteroatoms. The van der Waals surface area contributed by atoms with E-state index in [0.29, 0.717) is 37.9 Å². The summed E-state index contributed by atoms with van der Waals surface area (Å²) < 4.78 is 28.5. The van der Waals surface area contributed by atoms with Crippen molar-refractivity contribution in [2.45, 2.75) is 32.2 Å². The van der Waals surface area contributed by atoms with Crippen LogP contribution in [0.1, 0.15) is 36.5 Å². The van der Waals surface area contributed by atoms with Gasteiger partial charge in [-0.05, 0) is 25.3 Å². The van der Waals surface area contributed by atoms with Crippen LogP contribution < -0.4 is 4.72 Å². The van der Waals surface area contributed by atoms with E-state index >= 15 is 0 Å². The van der Waals surface area contributed by atoms with Gasteiger partial charge in [-0.25, -0.2) is 13.1 Å². The van der Waals surface area contributed by atoms with Gasteiger partial charge in [0.15, 0.2) is 0 Å². The van der Waals surface area contributed by atoms with Crippen LogP contribution in [0.15, 0.2) is 30.5 Å². The molecule has 6 nitrogen and oxygen atoms in total. The molecule has 0 saturated carbocycles. The summed E-state index contributed by atoms with van der Waals surface area (Å²) in [6.07, 6.45) is 3.79. The van der Waals surface area contributed by atoms with Gasteiger partial charge in [-0.15, -0.1) is 0 Å². The average Bonchev–Trinajstić information content (AvgIpc) is 2.92. The van der Waals surface area contributed by atoms with Gasteiger partial charge in [0.2, 0.25) is 10.0 Å². The minimum absolute atomic E-state index is 0.0201. The summed E-state index contributed by atoms with van der Waals surface area (Å²) >= 11 is 0. The fraction of sp³-hybridized carbons (Fsp3) is 0.500. The number of amides is 1. The predicted octanol–water partition coefficient (Wildman–Crippen LogP) is 2.11. The maximum atomic E-state index is 12.9. The molecule has 2 heterocycles. The molecule has 0 unspecified atom stereocenters. The molecule has 1 amide bonds. The lowest BCUT2D eigenvalue weighted by Gasteiger charge is -2.32. The van der Waals surface area contributed by atoms with Crippen LogP contribution in [0.5, 0.6) is 0 Å². The molecule has 136 valence electrons. The van der Waals surface area contributed by atoms with Crippen LogP contribution >= 0.6 is 0 Å². The summed E-state index contributed by atoms with van der Waals surface area (Å²) in [6, 6.07) is 7.79. The van der Waals surface area contributed by atoms with Crippen molar-refractivity contribution < 1.29 is 13.2 Å². The molecule has 1 aliphatic rings. The lowest BCUT2D eigenvalue weighted by Crippen LogP contribution is -2.46. The zero-order valence-electron chi connectivity index (χ0n) is 14.7. The molecule has 2 aromatic rings. The van der Waals surface area contributed by atoms with Crippen LogP contribution in [0.25, 0.3) is 10.9 Å². The van der Waals surface area contributed by atoms with Crippen molar-refractivity contribution in [3.8, 4) is 0 Å². The summed E-state index contributed by atoms with van der Waals surface area (Å²) in [5.74, 6) is 0.175. The van der Waals surface area contributed by atoms with Gasteiger partial charge in [0.05, 0.1) is 11.3 Å². The van der Waals surface area contributed by atoms with Crippen LogP contribution in [0.2, 0.25) is 0 Å². The van der Waals surface area contributed by atoms with E-state index in [0.717, 1.165) is 10.9 Å². The van der Waals surface area contributed by atoms with E-state index in [9.17, 15) is 13.2 Å². The molecule has 0 atom stereocenters. The number of aromatic nitrogens is 1. The van der Waals surface area contributed by atoms with E-state index in [4.69, 9.17) is 0 Å². The predicted molar refractivity (Wildman–Crippen MR) is 99.1 cm³/mol. The smallest absolute Gasteiger partial charge is 0.256 e. The maximum absolute atomic E-state index is 12.9. The number of rotatable bonds is 5. The van der Waals surface area contributed by atoms with Gasteiger partial charge >= 0.3 is 0 Å². The lowest BCUT2D eigenvalue weighted by molar-refractivity contribution is 0.0713. The molecule has 1 aromatic heterocycles. The number of hydrogen-bond donors (Lipinski definition) is 1. The van der Waals surface area contributed by atoms with Crippen LogP contribution in [0.3, 0.4) is 0 Å². The number of benzene rings is 1. The number of likely N-dealkylation sites (tertiary alicyclic amines) is 1. The van der Waals surface area contributed by atoms with E-state index in [-0.39, 0.29) is 17.7 Å². The first-order valence-electron chi connectivity index (χ1n) is 8.74. The SMILES string of the molecule is CCCS(=O)(=O)NC1CCN(C(=O)c2cn(C)c3ccccc23)CC1. The van der Waals surface area contributed by atoms with Gasteiger partial charge in [-0.3, -0.25) is 4.79 Å². The Labute approximate surface area is 148 Å². The molecule has 1 saturated heterocycles. The van der Waals surface area contributed by atoms with Gasteiger partial charge in [0.1, 0.15) is 0 Å². The fourth-order valence-electron chi connectivity index (χ4n) is 3.46. The third-order valence-electron chi connectivity index (χ3n) is 4.73. The highest BCUT2D eigenvalue weighted by molar-refractivity contribution is 7.89. The monoisotopic (exact) mass is 363 g/mol. The Balaban J connectivity index is 1.67. The summed E-state index contributed by atoms with van der Waals surface area (Å²) in [5.41, 5.74) is 1.75. The molecule has 1 N–H and O–H groups in total. The summed E-state index contributed by atoms with van der Waals surface area (Å²) in [4.78, 5) is 14.7. The highest BCUT2D eigenvalue weighted by Gasteiger charge is 2.27. The van der Waals surface area contributed by atoms with Gasteiger partial charge in [-0.1, -0.05) is 25.1 Å². The Morgan fingerprint density at radius 1 is 1.24 bits per heavy atom. The van der Waals surface area contributed by atoms with E-state index < -0.39 is 10.0 Å². The van der Waals surface area contributed by atoms with Crippen molar-refractivity contribution in [3.05, 3.63) is 36.0 Å². The number of carbonyl (C=O) groups is 1. The summed E-state index contributed by atoms with van der Waals surface area (Å²) in [5, 5.41) is 0.959. The second-order valence-corrected chi connectivity index (χ2v) is 8.55. The zero-order chi connectivity index (χ0) is 18.0. The Bertz CT molecular complexity index is 865. The van der Waals surface area contributed by atoms with Gasteiger partial charge in [-0.2, -0.15) is 0 Å². The third-order valence-corrected chi connectivity index (χ3v) is 6.37. The minimum Gasteiger partial charge on any atom is -0.350 e. The van der Waals surface area contributed by atoms with Crippen LogP contribution in [0, 0.1) is 0 Å². The van der Waals surface area contributed by atoms with Crippen LogP contribution in [-0.2, 0) is 17.1 Å². The Morgan fingerprint density at radius 3 is 2.60 bits per heavy atom. The first-order valence-corrected chi connectivity index (χ1v) is 10.4. The maximum Gasteiger partial charge on any atom is 0.256 e. The van der Waals surface area contributed by atoms with E-state index in [1.165, 1.54) is 0 Å². The number of nitrogens with zero attached hydrogens (tertiary/aromatic N) is 2. The topological polar surface area (TPSA) is 71.4 Å². The molecular formula is C18H25N3O3S. The van der Waals surface area contributed by atoms with Crippen molar-refractivity contribution in [1.29, 1.82) is 0 Å². The first kappa shape index (κ1) is 17.9. The van der Waals surface area contributed by atoms with Crippen molar-refractivity contribution in [3.63, 3.8) is 0 Å². The Morgan fingerprint density at radius 2 is 1.92 bits per heavy atom. The van der Waals surface area contributed by atoms with E-state index in [1.807, 2.05) is 53.9 Å². The number of para-hydroxylation sites is 1. The highest BCUT2D eigenvalue weighted by atomic mass is 32.2. The number of piperidine rings is 1. The van der Waals surface area contributed by atoms with Crippen LogP contribution in [-0.4, -0.2) is 48.7 Å². The number of aryl methyl sites for hydroxylation is 1. The second-order valence-electron chi connectivity index (χ2n) is 6.67. The Hall–Kier alpha value is -1.86. The molecule has 0 aliphatic carbocycles. The quantitative estimate of drug-likeness (QED) is 0.884. The van der Waals surface area contributed by atoms with Crippen molar-refractivity contribution >= 4 is 26.8 Å². The molecule has 1 fully saturated rings. The molecule has 0 radical (unpaired) electrons. The molecule has 0 bridgehead atoms. The summed E-state index contributed by atoms with van der Waals surface area (Å²) in [6.45, 7) is 2.99. The molecule has 1 aromatic carbocycles. The number of hydrogen-bond acceptors (Lipinski definition) is 3. The molecule has 25 heavy (non-hydrogen) atoms. The number of sulfonamides is 1. The zero-order valence-corrected chi connectivity index (χ0v) is 15.6. The first-order chi connectivity index (χ1) is 11.9. The van der Waals surface area contributed by atoms with Crippen molar-refractivity contribution in [2.24, 2.45) is 7.05 Å². The molecule has 3 rings (SSSR count). The van der Waals surface area contributed by atoms with E-state index in [2.05, 4.69) is 4.72 Å². The van der Waals surface area contributed by atoms with E-state index in [1.54, 1.807) is 0 Å². The minimum atomic E-state index is -3.20. The van der Waals surface area contributed by atoms with Crippen molar-refractivity contribution in [1.82, 2.24) is 14.2 Å². The van der Waals surface area contributed by atoms with Crippen LogP contribution in [0.4, 0.5) is 0 Å². The standard InChI is InChI=1S/C18H25N3O3S/c1-3-12-25(23,24)19-14-8-10-21(11-9-14)18(22)16-13-20(2)17-7-5-4-6-15(16)17/h4-7,13-14,19H,3,8-12H2,1-2H3. The molecular weight excluding hydrogens is 338 g/mol. The largest absolute Gasteiger partial charge is 0.350 e. The van der Waals surface area contributed by atoms with Gasteiger partial charge in [0.25, 0.3) is 5.91 Å². The second kappa shape index (κ2) is 7.17.